The van der Waals surface area contributed by atoms with Crippen LogP contribution in [0.1, 0.15) is 36.5 Å². The molecule has 3 N–H and O–H groups in total. The lowest BCUT2D eigenvalue weighted by atomic mass is 10.0. The summed E-state index contributed by atoms with van der Waals surface area (Å²) in [5.41, 5.74) is 5.60. The van der Waals surface area contributed by atoms with Crippen LogP contribution in [0.25, 0.3) is 22.9 Å². The average molecular weight is 327 g/mol. The lowest BCUT2D eigenvalue weighted by molar-refractivity contribution is 0.867. The molecule has 0 atom stereocenters. The molecule has 0 aromatic heterocycles. The van der Waals surface area contributed by atoms with Gasteiger partial charge >= 0.3 is 0 Å². The van der Waals surface area contributed by atoms with Crippen LogP contribution in [0.15, 0.2) is 54.6 Å². The Kier molecular flexibility index (Phi) is 3.77. The number of nitrogens with one attached hydrogen (secondary N) is 3. The summed E-state index contributed by atoms with van der Waals surface area (Å²) in [6.45, 7) is 4.34. The van der Waals surface area contributed by atoms with E-state index < -0.39 is 0 Å². The van der Waals surface area contributed by atoms with E-state index in [0.29, 0.717) is 5.92 Å². The van der Waals surface area contributed by atoms with E-state index >= 15 is 0 Å². The topological polar surface area (TPSA) is 47.9 Å². The molecule has 0 radical (unpaired) electrons. The molecular formula is C22H21N3. The number of hydrogen-bond donors (Lipinski definition) is 3. The minimum absolute atomic E-state index is 0.271. The summed E-state index contributed by atoms with van der Waals surface area (Å²) in [5.74, 6) is 0.737. The summed E-state index contributed by atoms with van der Waals surface area (Å²) < 4.78 is 0. The van der Waals surface area contributed by atoms with E-state index in [4.69, 9.17) is 5.41 Å². The van der Waals surface area contributed by atoms with Crippen molar-refractivity contribution in [3.05, 3.63) is 71.3 Å². The molecule has 0 unspecified atom stereocenters. The first-order valence-corrected chi connectivity index (χ1v) is 8.58. The molecule has 0 aliphatic heterocycles. The first-order chi connectivity index (χ1) is 12.1. The molecular weight excluding hydrogens is 306 g/mol. The molecule has 0 fully saturated rings. The zero-order valence-electron chi connectivity index (χ0n) is 14.4. The van der Waals surface area contributed by atoms with Crippen LogP contribution in [0, 0.1) is 5.41 Å². The van der Waals surface area contributed by atoms with Crippen LogP contribution in [0.3, 0.4) is 0 Å². The van der Waals surface area contributed by atoms with Crippen molar-refractivity contribution in [2.45, 2.75) is 19.8 Å². The largest absolute Gasteiger partial charge is 0.326 e. The maximum absolute atomic E-state index is 8.30. The Labute approximate surface area is 147 Å². The van der Waals surface area contributed by atoms with Gasteiger partial charge in [0.2, 0.25) is 0 Å². The Hall–Kier alpha value is -3.07. The second kappa shape index (κ2) is 6.10. The van der Waals surface area contributed by atoms with Gasteiger partial charge in [0.25, 0.3) is 0 Å². The summed E-state index contributed by atoms with van der Waals surface area (Å²) in [7, 11) is 0. The molecule has 25 heavy (non-hydrogen) atoms. The molecule has 0 amide bonds. The molecule has 4 rings (SSSR count). The van der Waals surface area contributed by atoms with Crippen molar-refractivity contribution in [3.63, 3.8) is 0 Å². The third kappa shape index (κ3) is 2.89. The van der Waals surface area contributed by atoms with Gasteiger partial charge in [0, 0.05) is 16.8 Å². The van der Waals surface area contributed by atoms with Gasteiger partial charge in [-0.2, -0.15) is 0 Å². The molecule has 1 aliphatic rings. The van der Waals surface area contributed by atoms with E-state index in [0.717, 1.165) is 16.8 Å². The van der Waals surface area contributed by atoms with Crippen molar-refractivity contribution in [2.24, 2.45) is 0 Å². The van der Waals surface area contributed by atoms with Gasteiger partial charge in [-0.25, -0.2) is 0 Å². The number of benzene rings is 3. The van der Waals surface area contributed by atoms with Gasteiger partial charge in [-0.15, -0.1) is 0 Å². The number of rotatable bonds is 3. The second-order valence-corrected chi connectivity index (χ2v) is 6.71. The van der Waals surface area contributed by atoms with Crippen LogP contribution in [-0.2, 0) is 0 Å². The predicted molar refractivity (Wildman–Crippen MR) is 108 cm³/mol. The number of hydrogen-bond acceptors (Lipinski definition) is 1. The lowest BCUT2D eigenvalue weighted by Crippen LogP contribution is -2.20. The van der Waals surface area contributed by atoms with Crippen LogP contribution in [0.5, 0.6) is 0 Å². The van der Waals surface area contributed by atoms with Gasteiger partial charge in [0.15, 0.2) is 5.96 Å². The van der Waals surface area contributed by atoms with E-state index in [1.807, 2.05) is 18.2 Å². The predicted octanol–water partition coefficient (Wildman–Crippen LogP) is 5.91. The zero-order chi connectivity index (χ0) is 17.4. The molecule has 3 aromatic rings. The van der Waals surface area contributed by atoms with Crippen LogP contribution in [0.4, 0.5) is 11.4 Å². The Balaban J connectivity index is 1.58. The highest BCUT2D eigenvalue weighted by Gasteiger charge is 2.12. The minimum Gasteiger partial charge on any atom is -0.326 e. The van der Waals surface area contributed by atoms with E-state index in [9.17, 15) is 0 Å². The van der Waals surface area contributed by atoms with Crippen LogP contribution < -0.4 is 10.6 Å². The Morgan fingerprint density at radius 3 is 2.44 bits per heavy atom. The van der Waals surface area contributed by atoms with Gasteiger partial charge < -0.3 is 10.6 Å². The van der Waals surface area contributed by atoms with Crippen LogP contribution in [-0.4, -0.2) is 5.96 Å². The summed E-state index contributed by atoms with van der Waals surface area (Å²) in [4.78, 5) is 0. The molecule has 124 valence electrons. The summed E-state index contributed by atoms with van der Waals surface area (Å²) in [6, 6.07) is 18.6. The molecule has 3 heteroatoms. The molecule has 3 nitrogen and oxygen atoms in total. The van der Waals surface area contributed by atoms with Crippen LogP contribution >= 0.6 is 0 Å². The molecule has 0 heterocycles. The van der Waals surface area contributed by atoms with Crippen molar-refractivity contribution in [1.82, 2.24) is 0 Å². The maximum Gasteiger partial charge on any atom is 0.197 e. The smallest absolute Gasteiger partial charge is 0.197 e. The van der Waals surface area contributed by atoms with E-state index in [2.05, 4.69) is 73.0 Å². The Bertz CT molecular complexity index is 987. The van der Waals surface area contributed by atoms with Crippen molar-refractivity contribution >= 4 is 40.3 Å². The first-order valence-electron chi connectivity index (χ1n) is 8.58. The van der Waals surface area contributed by atoms with E-state index in [-0.39, 0.29) is 5.96 Å². The highest BCUT2D eigenvalue weighted by Crippen LogP contribution is 2.35. The number of anilines is 2. The van der Waals surface area contributed by atoms with E-state index in [1.54, 1.807) is 0 Å². The van der Waals surface area contributed by atoms with Gasteiger partial charge in [-0.05, 0) is 46.2 Å². The Morgan fingerprint density at radius 1 is 0.880 bits per heavy atom. The highest BCUT2D eigenvalue weighted by atomic mass is 15.1. The van der Waals surface area contributed by atoms with Gasteiger partial charge in [0.05, 0.1) is 0 Å². The fraction of sp³-hybridized carbons (Fsp3) is 0.136. The molecule has 0 spiro atoms. The SMILES string of the molecule is CC(C)c1cccc(NC(=N)Nc2ccc3c4c(cccc24)C=C3)c1. The highest BCUT2D eigenvalue weighted by molar-refractivity contribution is 6.13. The molecule has 3 aromatic carbocycles. The summed E-state index contributed by atoms with van der Waals surface area (Å²) in [5, 5.41) is 17.1. The molecule has 1 aliphatic carbocycles. The summed E-state index contributed by atoms with van der Waals surface area (Å²) >= 11 is 0. The Morgan fingerprint density at radius 2 is 1.64 bits per heavy atom. The van der Waals surface area contributed by atoms with E-state index in [1.165, 1.54) is 22.1 Å². The zero-order valence-corrected chi connectivity index (χ0v) is 14.4. The third-order valence-electron chi connectivity index (χ3n) is 4.63. The standard InChI is InChI=1S/C22H21N3/c1-14(2)17-6-3-7-18(13-17)24-22(23)25-20-12-11-16-10-9-15-5-4-8-19(20)21(15)16/h3-14H,1-2H3,(H3,23,24,25). The fourth-order valence-electron chi connectivity index (χ4n) is 3.32. The van der Waals surface area contributed by atoms with Crippen LogP contribution in [0.2, 0.25) is 0 Å². The van der Waals surface area contributed by atoms with Crippen molar-refractivity contribution in [1.29, 1.82) is 5.41 Å². The summed E-state index contributed by atoms with van der Waals surface area (Å²) in [6.07, 6.45) is 4.28. The number of guanidine groups is 1. The maximum atomic E-state index is 8.30. The second-order valence-electron chi connectivity index (χ2n) is 6.71. The van der Waals surface area contributed by atoms with Crippen molar-refractivity contribution in [2.75, 3.05) is 10.6 Å². The van der Waals surface area contributed by atoms with Gasteiger partial charge in [-0.3, -0.25) is 5.41 Å². The quantitative estimate of drug-likeness (QED) is 0.324. The minimum atomic E-state index is 0.271. The van der Waals surface area contributed by atoms with Crippen molar-refractivity contribution in [3.8, 4) is 0 Å². The normalized spacial score (nSPS) is 12.0. The molecule has 0 saturated carbocycles. The molecule has 0 saturated heterocycles. The third-order valence-corrected chi connectivity index (χ3v) is 4.63. The average Bonchev–Trinajstić information content (AvgIpc) is 3.02. The lowest BCUT2D eigenvalue weighted by Gasteiger charge is -2.15. The fourth-order valence-corrected chi connectivity index (χ4v) is 3.32. The monoisotopic (exact) mass is 327 g/mol. The van der Waals surface area contributed by atoms with Gasteiger partial charge in [-0.1, -0.05) is 62.4 Å². The first kappa shape index (κ1) is 15.5. The molecule has 0 bridgehead atoms. The van der Waals surface area contributed by atoms with Crippen molar-refractivity contribution < 1.29 is 0 Å². The van der Waals surface area contributed by atoms with Gasteiger partial charge in [0.1, 0.15) is 0 Å².